The van der Waals surface area contributed by atoms with Crippen molar-refractivity contribution in [3.63, 3.8) is 0 Å². The van der Waals surface area contributed by atoms with E-state index in [4.69, 9.17) is 11.6 Å². The first kappa shape index (κ1) is 8.82. The topological polar surface area (TPSA) is 0 Å². The predicted molar refractivity (Wildman–Crippen MR) is 60.7 cm³/mol. The first-order chi connectivity index (χ1) is 5.83. The molecule has 0 amide bonds. The lowest BCUT2D eigenvalue weighted by Crippen LogP contribution is -1.92. The van der Waals surface area contributed by atoms with Crippen molar-refractivity contribution in [2.75, 3.05) is 0 Å². The largest absolute Gasteiger partial charge is 0.121 e. The SMILES string of the molecule is ClCc1c(I)cccc1C1CC1. The van der Waals surface area contributed by atoms with Crippen molar-refractivity contribution in [1.29, 1.82) is 0 Å². The maximum Gasteiger partial charge on any atom is 0.0487 e. The van der Waals surface area contributed by atoms with E-state index in [-0.39, 0.29) is 0 Å². The smallest absolute Gasteiger partial charge is 0.0487 e. The highest BCUT2D eigenvalue weighted by molar-refractivity contribution is 14.1. The van der Waals surface area contributed by atoms with Gasteiger partial charge in [0.15, 0.2) is 0 Å². The molecule has 0 N–H and O–H groups in total. The van der Waals surface area contributed by atoms with Gasteiger partial charge in [-0.2, -0.15) is 0 Å². The van der Waals surface area contributed by atoms with Crippen LogP contribution >= 0.6 is 34.2 Å². The van der Waals surface area contributed by atoms with Gasteiger partial charge in [0.2, 0.25) is 0 Å². The van der Waals surface area contributed by atoms with Gasteiger partial charge in [0, 0.05) is 9.45 Å². The van der Waals surface area contributed by atoms with Gasteiger partial charge in [0.1, 0.15) is 0 Å². The molecule has 0 saturated heterocycles. The number of alkyl halides is 1. The van der Waals surface area contributed by atoms with E-state index in [9.17, 15) is 0 Å². The fourth-order valence-electron chi connectivity index (χ4n) is 1.49. The standard InChI is InChI=1S/C10H10ClI/c11-6-9-8(7-4-5-7)2-1-3-10(9)12/h1-3,7H,4-6H2. The average Bonchev–Trinajstić information content (AvgIpc) is 2.86. The van der Waals surface area contributed by atoms with Crippen molar-refractivity contribution in [1.82, 2.24) is 0 Å². The van der Waals surface area contributed by atoms with Gasteiger partial charge >= 0.3 is 0 Å². The van der Waals surface area contributed by atoms with E-state index >= 15 is 0 Å². The molecule has 1 fully saturated rings. The molecule has 0 heterocycles. The molecule has 1 aliphatic rings. The summed E-state index contributed by atoms with van der Waals surface area (Å²) in [4.78, 5) is 0. The van der Waals surface area contributed by atoms with Gasteiger partial charge < -0.3 is 0 Å². The summed E-state index contributed by atoms with van der Waals surface area (Å²) in [6.45, 7) is 0. The van der Waals surface area contributed by atoms with Gasteiger partial charge in [-0.25, -0.2) is 0 Å². The van der Waals surface area contributed by atoms with Crippen LogP contribution in [0.4, 0.5) is 0 Å². The minimum absolute atomic E-state index is 0.658. The monoisotopic (exact) mass is 292 g/mol. The lowest BCUT2D eigenvalue weighted by Gasteiger charge is -2.07. The zero-order chi connectivity index (χ0) is 8.55. The second kappa shape index (κ2) is 3.54. The van der Waals surface area contributed by atoms with E-state index in [2.05, 4.69) is 40.8 Å². The molecule has 0 atom stereocenters. The zero-order valence-corrected chi connectivity index (χ0v) is 9.60. The van der Waals surface area contributed by atoms with Crippen LogP contribution in [-0.2, 0) is 5.88 Å². The number of benzene rings is 1. The first-order valence-electron chi connectivity index (χ1n) is 4.16. The van der Waals surface area contributed by atoms with Crippen LogP contribution in [0.15, 0.2) is 18.2 Å². The molecule has 1 aliphatic carbocycles. The van der Waals surface area contributed by atoms with Crippen LogP contribution in [0.5, 0.6) is 0 Å². The number of hydrogen-bond donors (Lipinski definition) is 0. The molecule has 0 aliphatic heterocycles. The molecule has 0 nitrogen and oxygen atoms in total. The van der Waals surface area contributed by atoms with Crippen LogP contribution < -0.4 is 0 Å². The molecular weight excluding hydrogens is 282 g/mol. The summed E-state index contributed by atoms with van der Waals surface area (Å²) in [7, 11) is 0. The summed E-state index contributed by atoms with van der Waals surface area (Å²) < 4.78 is 1.31. The molecule has 0 bridgehead atoms. The van der Waals surface area contributed by atoms with Gasteiger partial charge in [0.05, 0.1) is 0 Å². The molecule has 0 radical (unpaired) electrons. The predicted octanol–water partition coefficient (Wildman–Crippen LogP) is 3.91. The number of halogens is 2. The summed E-state index contributed by atoms with van der Waals surface area (Å²) in [6, 6.07) is 6.48. The van der Waals surface area contributed by atoms with E-state index in [0.29, 0.717) is 5.88 Å². The summed E-state index contributed by atoms with van der Waals surface area (Å²) in [5.41, 5.74) is 2.83. The maximum absolute atomic E-state index is 5.90. The second-order valence-electron chi connectivity index (χ2n) is 3.22. The minimum Gasteiger partial charge on any atom is -0.121 e. The Bertz CT molecular complexity index is 292. The van der Waals surface area contributed by atoms with Crippen molar-refractivity contribution >= 4 is 34.2 Å². The Balaban J connectivity index is 2.43. The van der Waals surface area contributed by atoms with Crippen LogP contribution in [0.1, 0.15) is 29.9 Å². The second-order valence-corrected chi connectivity index (χ2v) is 4.64. The molecule has 64 valence electrons. The molecular formula is C10H10ClI. The Hall–Kier alpha value is 0.240. The van der Waals surface area contributed by atoms with Gasteiger partial charge in [-0.05, 0) is 58.5 Å². The van der Waals surface area contributed by atoms with Crippen LogP contribution in [0.2, 0.25) is 0 Å². The molecule has 2 rings (SSSR count). The minimum atomic E-state index is 0.658. The molecule has 2 heteroatoms. The fourth-order valence-corrected chi connectivity index (χ4v) is 2.73. The lowest BCUT2D eigenvalue weighted by molar-refractivity contribution is 1.08. The van der Waals surface area contributed by atoms with E-state index in [1.165, 1.54) is 27.5 Å². The molecule has 1 aromatic rings. The molecule has 1 saturated carbocycles. The zero-order valence-electron chi connectivity index (χ0n) is 6.69. The Kier molecular flexibility index (Phi) is 2.60. The lowest BCUT2D eigenvalue weighted by atomic mass is 10.1. The highest BCUT2D eigenvalue weighted by Gasteiger charge is 2.26. The molecule has 0 aromatic heterocycles. The first-order valence-corrected chi connectivity index (χ1v) is 5.77. The Labute approximate surface area is 91.5 Å². The van der Waals surface area contributed by atoms with Crippen LogP contribution in [0, 0.1) is 3.57 Å². The average molecular weight is 293 g/mol. The van der Waals surface area contributed by atoms with Crippen molar-refractivity contribution < 1.29 is 0 Å². The highest BCUT2D eigenvalue weighted by Crippen LogP contribution is 2.42. The maximum atomic E-state index is 5.90. The van der Waals surface area contributed by atoms with Crippen molar-refractivity contribution in [3.05, 3.63) is 32.9 Å². The van der Waals surface area contributed by atoms with Crippen LogP contribution in [0.25, 0.3) is 0 Å². The molecule has 1 aromatic carbocycles. The fraction of sp³-hybridized carbons (Fsp3) is 0.400. The van der Waals surface area contributed by atoms with Gasteiger partial charge in [-0.15, -0.1) is 11.6 Å². The normalized spacial score (nSPS) is 16.5. The van der Waals surface area contributed by atoms with Crippen LogP contribution in [0.3, 0.4) is 0 Å². The van der Waals surface area contributed by atoms with Gasteiger partial charge in [-0.1, -0.05) is 12.1 Å². The molecule has 12 heavy (non-hydrogen) atoms. The van der Waals surface area contributed by atoms with Gasteiger partial charge in [-0.3, -0.25) is 0 Å². The molecule has 0 unspecified atom stereocenters. The highest BCUT2D eigenvalue weighted by atomic mass is 127. The third-order valence-electron chi connectivity index (χ3n) is 2.31. The van der Waals surface area contributed by atoms with E-state index in [0.717, 1.165) is 5.92 Å². The van der Waals surface area contributed by atoms with E-state index in [1.807, 2.05) is 0 Å². The van der Waals surface area contributed by atoms with Crippen molar-refractivity contribution in [3.8, 4) is 0 Å². The van der Waals surface area contributed by atoms with Crippen LogP contribution in [-0.4, -0.2) is 0 Å². The Morgan fingerprint density at radius 1 is 1.42 bits per heavy atom. The Morgan fingerprint density at radius 3 is 2.75 bits per heavy atom. The summed E-state index contributed by atoms with van der Waals surface area (Å²) in [6.07, 6.45) is 2.70. The van der Waals surface area contributed by atoms with Crippen molar-refractivity contribution in [2.45, 2.75) is 24.6 Å². The third kappa shape index (κ3) is 1.62. The number of rotatable bonds is 2. The molecule has 0 spiro atoms. The summed E-state index contributed by atoms with van der Waals surface area (Å²) in [5, 5.41) is 0. The third-order valence-corrected chi connectivity index (χ3v) is 3.58. The van der Waals surface area contributed by atoms with E-state index < -0.39 is 0 Å². The van der Waals surface area contributed by atoms with Gasteiger partial charge in [0.25, 0.3) is 0 Å². The summed E-state index contributed by atoms with van der Waals surface area (Å²) in [5.74, 6) is 1.47. The number of hydrogen-bond acceptors (Lipinski definition) is 0. The van der Waals surface area contributed by atoms with E-state index in [1.54, 1.807) is 0 Å². The van der Waals surface area contributed by atoms with Crippen molar-refractivity contribution in [2.24, 2.45) is 0 Å². The quantitative estimate of drug-likeness (QED) is 0.573. The summed E-state index contributed by atoms with van der Waals surface area (Å²) >= 11 is 8.27. The Morgan fingerprint density at radius 2 is 2.17 bits per heavy atom.